The molecule has 0 fully saturated rings. The van der Waals surface area contributed by atoms with E-state index in [0.717, 1.165) is 25.7 Å². The van der Waals surface area contributed by atoms with Crippen molar-refractivity contribution < 1.29 is 9.59 Å². The molecule has 1 unspecified atom stereocenters. The van der Waals surface area contributed by atoms with Crippen LogP contribution in [0, 0.1) is 0 Å². The van der Waals surface area contributed by atoms with Crippen LogP contribution in [0.3, 0.4) is 0 Å². The van der Waals surface area contributed by atoms with Crippen LogP contribution < -0.4 is 10.6 Å². The smallest absolute Gasteiger partial charge is 0.239 e. The average molecular weight is 298 g/mol. The summed E-state index contributed by atoms with van der Waals surface area (Å²) in [4.78, 5) is 22.1. The number of carbonyl (C=O) groups excluding carboxylic acids is 2. The maximum atomic E-state index is 11.9. The van der Waals surface area contributed by atoms with Crippen molar-refractivity contribution in [2.75, 3.05) is 6.54 Å². The molecule has 124 valence electrons. The molecule has 0 bridgehead atoms. The van der Waals surface area contributed by atoms with Crippen LogP contribution in [-0.4, -0.2) is 24.4 Å². The minimum Gasteiger partial charge on any atom is -0.350 e. The van der Waals surface area contributed by atoms with E-state index in [4.69, 9.17) is 0 Å². The molecule has 4 nitrogen and oxygen atoms in total. The van der Waals surface area contributed by atoms with Gasteiger partial charge in [0.2, 0.25) is 12.3 Å². The molecule has 21 heavy (non-hydrogen) atoms. The first-order valence-corrected chi connectivity index (χ1v) is 8.56. The molecule has 0 saturated carbocycles. The molecule has 0 heterocycles. The topological polar surface area (TPSA) is 58.2 Å². The van der Waals surface area contributed by atoms with Gasteiger partial charge >= 0.3 is 0 Å². The summed E-state index contributed by atoms with van der Waals surface area (Å²) in [6.45, 7) is 6.62. The third-order valence-electron chi connectivity index (χ3n) is 3.95. The fourth-order valence-corrected chi connectivity index (χ4v) is 2.65. The summed E-state index contributed by atoms with van der Waals surface area (Å²) in [7, 11) is 0. The Labute approximate surface area is 130 Å². The summed E-state index contributed by atoms with van der Waals surface area (Å²) in [6.07, 6.45) is 12.4. The number of unbranched alkanes of at least 4 members (excludes halogenated alkanes) is 6. The second kappa shape index (κ2) is 12.7. The summed E-state index contributed by atoms with van der Waals surface area (Å²) in [6, 6.07) is 0. The molecule has 2 N–H and O–H groups in total. The SMILES string of the molecule is CCCCCCCC(C)(CCCCC)NC(=O)CNC=O. The molecule has 0 saturated heterocycles. The van der Waals surface area contributed by atoms with Gasteiger partial charge in [-0.25, -0.2) is 0 Å². The maximum absolute atomic E-state index is 11.9. The van der Waals surface area contributed by atoms with Crippen molar-refractivity contribution in [3.8, 4) is 0 Å². The maximum Gasteiger partial charge on any atom is 0.239 e. The molecule has 0 rings (SSSR count). The Balaban J connectivity index is 4.24. The number of amides is 2. The monoisotopic (exact) mass is 298 g/mol. The number of carbonyl (C=O) groups is 2. The highest BCUT2D eigenvalue weighted by molar-refractivity contribution is 5.80. The number of hydrogen-bond acceptors (Lipinski definition) is 2. The minimum atomic E-state index is -0.136. The first-order chi connectivity index (χ1) is 10.1. The molecule has 0 radical (unpaired) electrons. The van der Waals surface area contributed by atoms with E-state index in [2.05, 4.69) is 31.4 Å². The van der Waals surface area contributed by atoms with Crippen LogP contribution in [0.1, 0.15) is 85.0 Å². The standard InChI is InChI=1S/C17H34N2O2/c1-4-6-8-9-11-13-17(3,12-10-7-5-2)19-16(21)14-18-15-20/h15H,4-14H2,1-3H3,(H,18,20)(H,19,21). The van der Waals surface area contributed by atoms with Gasteiger partial charge in [-0.1, -0.05) is 65.2 Å². The Kier molecular flexibility index (Phi) is 12.0. The lowest BCUT2D eigenvalue weighted by molar-refractivity contribution is -0.123. The lowest BCUT2D eigenvalue weighted by atomic mass is 9.88. The molecule has 1 atom stereocenters. The molecule has 0 aliphatic heterocycles. The van der Waals surface area contributed by atoms with E-state index in [-0.39, 0.29) is 18.0 Å². The van der Waals surface area contributed by atoms with E-state index in [0.29, 0.717) is 6.41 Å². The first-order valence-electron chi connectivity index (χ1n) is 8.56. The van der Waals surface area contributed by atoms with Gasteiger partial charge in [0.1, 0.15) is 0 Å². The summed E-state index contributed by atoms with van der Waals surface area (Å²) in [5.74, 6) is -0.0883. The van der Waals surface area contributed by atoms with Crippen LogP contribution in [0.25, 0.3) is 0 Å². The van der Waals surface area contributed by atoms with Crippen LogP contribution in [0.5, 0.6) is 0 Å². The van der Waals surface area contributed by atoms with E-state index in [1.54, 1.807) is 0 Å². The Hall–Kier alpha value is -1.06. The molecule has 0 aromatic carbocycles. The van der Waals surface area contributed by atoms with Crippen LogP contribution in [0.15, 0.2) is 0 Å². The van der Waals surface area contributed by atoms with Crippen LogP contribution in [-0.2, 0) is 9.59 Å². The molecular weight excluding hydrogens is 264 g/mol. The molecule has 4 heteroatoms. The van der Waals surface area contributed by atoms with Gasteiger partial charge in [0, 0.05) is 5.54 Å². The molecule has 0 aromatic rings. The molecule has 0 aliphatic rings. The second-order valence-corrected chi connectivity index (χ2v) is 6.23. The summed E-state index contributed by atoms with van der Waals surface area (Å²) in [5, 5.41) is 5.55. The van der Waals surface area contributed by atoms with Gasteiger partial charge in [0.05, 0.1) is 6.54 Å². The number of rotatable bonds is 14. The quantitative estimate of drug-likeness (QED) is 0.380. The van der Waals surface area contributed by atoms with Gasteiger partial charge in [-0.05, 0) is 19.8 Å². The van der Waals surface area contributed by atoms with Crippen molar-refractivity contribution >= 4 is 12.3 Å². The van der Waals surface area contributed by atoms with Crippen LogP contribution >= 0.6 is 0 Å². The van der Waals surface area contributed by atoms with Crippen molar-refractivity contribution in [2.24, 2.45) is 0 Å². The summed E-state index contributed by atoms with van der Waals surface area (Å²) < 4.78 is 0. The fraction of sp³-hybridized carbons (Fsp3) is 0.882. The summed E-state index contributed by atoms with van der Waals surface area (Å²) >= 11 is 0. The highest BCUT2D eigenvalue weighted by atomic mass is 16.2. The molecule has 2 amide bonds. The van der Waals surface area contributed by atoms with E-state index in [9.17, 15) is 9.59 Å². The second-order valence-electron chi connectivity index (χ2n) is 6.23. The zero-order valence-electron chi connectivity index (χ0n) is 14.2. The lowest BCUT2D eigenvalue weighted by Gasteiger charge is -2.31. The zero-order valence-corrected chi connectivity index (χ0v) is 14.2. The van der Waals surface area contributed by atoms with Crippen molar-refractivity contribution in [2.45, 2.75) is 90.5 Å². The van der Waals surface area contributed by atoms with Crippen molar-refractivity contribution in [3.05, 3.63) is 0 Å². The van der Waals surface area contributed by atoms with Gasteiger partial charge in [-0.2, -0.15) is 0 Å². The molecule has 0 aromatic heterocycles. The fourth-order valence-electron chi connectivity index (χ4n) is 2.65. The van der Waals surface area contributed by atoms with E-state index >= 15 is 0 Å². The first kappa shape index (κ1) is 19.9. The normalized spacial score (nSPS) is 13.5. The van der Waals surface area contributed by atoms with Gasteiger partial charge in [-0.3, -0.25) is 9.59 Å². The Morgan fingerprint density at radius 2 is 1.48 bits per heavy atom. The number of hydrogen-bond donors (Lipinski definition) is 2. The highest BCUT2D eigenvalue weighted by Gasteiger charge is 2.25. The average Bonchev–Trinajstić information content (AvgIpc) is 2.45. The summed E-state index contributed by atoms with van der Waals surface area (Å²) in [5.41, 5.74) is -0.136. The Morgan fingerprint density at radius 3 is 2.05 bits per heavy atom. The third-order valence-corrected chi connectivity index (χ3v) is 3.95. The van der Waals surface area contributed by atoms with Crippen LogP contribution in [0.2, 0.25) is 0 Å². The lowest BCUT2D eigenvalue weighted by Crippen LogP contribution is -2.48. The van der Waals surface area contributed by atoms with E-state index < -0.39 is 0 Å². The van der Waals surface area contributed by atoms with Crippen molar-refractivity contribution in [1.29, 1.82) is 0 Å². The minimum absolute atomic E-state index is 0.0721. The molecule has 0 spiro atoms. The number of nitrogens with one attached hydrogen (secondary N) is 2. The largest absolute Gasteiger partial charge is 0.350 e. The van der Waals surface area contributed by atoms with Gasteiger partial charge < -0.3 is 10.6 Å². The predicted octanol–water partition coefficient (Wildman–Crippen LogP) is 3.55. The highest BCUT2D eigenvalue weighted by Crippen LogP contribution is 2.22. The molecular formula is C17H34N2O2. The van der Waals surface area contributed by atoms with Gasteiger partial charge in [-0.15, -0.1) is 0 Å². The Morgan fingerprint density at radius 1 is 0.952 bits per heavy atom. The zero-order chi connectivity index (χ0) is 16.0. The van der Waals surface area contributed by atoms with E-state index in [1.807, 2.05) is 0 Å². The predicted molar refractivity (Wildman–Crippen MR) is 88.1 cm³/mol. The van der Waals surface area contributed by atoms with Gasteiger partial charge in [0.15, 0.2) is 0 Å². The molecule has 0 aliphatic carbocycles. The van der Waals surface area contributed by atoms with Crippen molar-refractivity contribution in [3.63, 3.8) is 0 Å². The Bertz CT molecular complexity index is 282. The third kappa shape index (κ3) is 11.3. The van der Waals surface area contributed by atoms with Gasteiger partial charge in [0.25, 0.3) is 0 Å². The van der Waals surface area contributed by atoms with Crippen LogP contribution in [0.4, 0.5) is 0 Å². The van der Waals surface area contributed by atoms with E-state index in [1.165, 1.54) is 38.5 Å². The van der Waals surface area contributed by atoms with Crippen molar-refractivity contribution in [1.82, 2.24) is 10.6 Å².